The Hall–Kier alpha value is -3.24. The molecule has 0 atom stereocenters. The number of amidine groups is 1. The van der Waals surface area contributed by atoms with Gasteiger partial charge in [0.2, 0.25) is 0 Å². The van der Waals surface area contributed by atoms with Crippen LogP contribution >= 0.6 is 11.9 Å². The fourth-order valence-corrected chi connectivity index (χ4v) is 4.72. The number of aryl methyl sites for hydroxylation is 1. The van der Waals surface area contributed by atoms with E-state index in [0.717, 1.165) is 59.4 Å². The molecule has 165 valence electrons. The number of carbonyl (C=O) groups is 1. The number of rotatable bonds is 6. The predicted molar refractivity (Wildman–Crippen MR) is 125 cm³/mol. The maximum absolute atomic E-state index is 12.1. The van der Waals surface area contributed by atoms with Gasteiger partial charge in [-0.25, -0.2) is 4.79 Å². The minimum Gasteiger partial charge on any atom is -0.446 e. The lowest BCUT2D eigenvalue weighted by molar-refractivity contribution is 0.114. The van der Waals surface area contributed by atoms with Gasteiger partial charge in [0.05, 0.1) is 12.4 Å². The summed E-state index contributed by atoms with van der Waals surface area (Å²) in [6.45, 7) is 2.63. The smallest absolute Gasteiger partial charge is 0.411 e. The molecule has 2 aromatic rings. The number of nitrogens with one attached hydrogen (secondary N) is 3. The van der Waals surface area contributed by atoms with Crippen molar-refractivity contribution in [3.63, 3.8) is 0 Å². The zero-order chi connectivity index (χ0) is 21.9. The van der Waals surface area contributed by atoms with Crippen molar-refractivity contribution in [1.82, 2.24) is 19.4 Å². The molecule has 3 N–H and O–H groups in total. The number of H-pyrrole nitrogens is 1. The molecule has 0 bridgehead atoms. The van der Waals surface area contributed by atoms with Crippen LogP contribution < -0.4 is 15.5 Å². The number of benzene rings is 1. The van der Waals surface area contributed by atoms with Crippen LogP contribution in [0, 0.1) is 6.92 Å². The number of carbonyl (C=O) groups excluding carboxylic acids is 1. The third kappa shape index (κ3) is 4.81. The van der Waals surface area contributed by atoms with E-state index in [0.29, 0.717) is 6.54 Å². The normalized spacial score (nSPS) is 18.3. The van der Waals surface area contributed by atoms with Crippen LogP contribution in [0.4, 0.5) is 16.3 Å². The van der Waals surface area contributed by atoms with Gasteiger partial charge in [0, 0.05) is 22.3 Å². The Labute approximate surface area is 190 Å². The molecule has 0 unspecified atom stereocenters. The standard InChI is InChI=1S/C22H25N7O2S/c1-15-12-19(27-26-15)25-21-14-28(13-20-23-10-11-29(20)21)32-18-8-6-16(7-9-18)24-22(30)31-17-4-2-3-5-17/h6-12,14,17H,2-5,13H2,1H3,(H,24,30)(H2,25,26,27)/q+1. The van der Waals surface area contributed by atoms with Gasteiger partial charge in [-0.3, -0.25) is 20.0 Å². The van der Waals surface area contributed by atoms with E-state index in [1.54, 1.807) is 18.1 Å². The Balaban J connectivity index is 1.22. The highest BCUT2D eigenvalue weighted by molar-refractivity contribution is 7.97. The summed E-state index contributed by atoms with van der Waals surface area (Å²) in [6, 6.07) is 9.69. The Morgan fingerprint density at radius 1 is 1.28 bits per heavy atom. The van der Waals surface area contributed by atoms with E-state index >= 15 is 0 Å². The number of anilines is 2. The van der Waals surface area contributed by atoms with Gasteiger partial charge in [0.15, 0.2) is 12.0 Å². The van der Waals surface area contributed by atoms with Crippen molar-refractivity contribution < 1.29 is 9.53 Å². The van der Waals surface area contributed by atoms with E-state index in [1.807, 2.05) is 54.6 Å². The van der Waals surface area contributed by atoms with Gasteiger partial charge in [0.1, 0.15) is 12.6 Å². The Morgan fingerprint density at radius 2 is 2.09 bits per heavy atom. The minimum absolute atomic E-state index is 0.0523. The van der Waals surface area contributed by atoms with Crippen LogP contribution in [0.15, 0.2) is 64.6 Å². The lowest BCUT2D eigenvalue weighted by atomic mass is 10.3. The number of aromatic amines is 1. The summed E-state index contributed by atoms with van der Waals surface area (Å²) in [6.07, 6.45) is 9.61. The average molecular weight is 452 g/mol. The first-order valence-corrected chi connectivity index (χ1v) is 11.5. The van der Waals surface area contributed by atoms with E-state index in [4.69, 9.17) is 4.74 Å². The van der Waals surface area contributed by atoms with E-state index in [-0.39, 0.29) is 12.2 Å². The Kier molecular flexibility index (Phi) is 5.87. The highest BCUT2D eigenvalue weighted by Gasteiger charge is 2.37. The first kappa shape index (κ1) is 20.7. The SMILES string of the molecule is Cc1cc(NC2=CN(Sc3ccc(NC(=O)OC4CCCC4)cc3)CC3=NC=C[N+]23)n[nH]1. The number of amides is 1. The van der Waals surface area contributed by atoms with Crippen LogP contribution in [-0.4, -0.2) is 39.1 Å². The average Bonchev–Trinajstić information content (AvgIpc) is 3.52. The third-order valence-electron chi connectivity index (χ3n) is 5.40. The van der Waals surface area contributed by atoms with Gasteiger partial charge < -0.3 is 4.74 Å². The number of hydrogen-bond donors (Lipinski definition) is 3. The number of aromatic nitrogens is 2. The topological polar surface area (TPSA) is 101 Å². The predicted octanol–water partition coefficient (Wildman–Crippen LogP) is 4.47. The lowest BCUT2D eigenvalue weighted by Gasteiger charge is -2.24. The number of aliphatic imine (C=N–C) groups is 1. The molecule has 1 aromatic heterocycles. The van der Waals surface area contributed by atoms with Gasteiger partial charge in [-0.15, -0.1) is 0 Å². The van der Waals surface area contributed by atoms with Crippen molar-refractivity contribution in [2.24, 2.45) is 4.99 Å². The summed E-state index contributed by atoms with van der Waals surface area (Å²) in [5, 5.41) is 13.4. The highest BCUT2D eigenvalue weighted by Crippen LogP contribution is 2.29. The van der Waals surface area contributed by atoms with Crippen molar-refractivity contribution >= 4 is 35.4 Å². The zero-order valence-electron chi connectivity index (χ0n) is 17.7. The van der Waals surface area contributed by atoms with Crippen LogP contribution in [-0.2, 0) is 4.74 Å². The third-order valence-corrected chi connectivity index (χ3v) is 6.35. The summed E-state index contributed by atoms with van der Waals surface area (Å²) in [4.78, 5) is 19.6. The van der Waals surface area contributed by atoms with E-state index < -0.39 is 0 Å². The maximum Gasteiger partial charge on any atom is 0.411 e. The fourth-order valence-electron chi connectivity index (χ4n) is 3.86. The van der Waals surface area contributed by atoms with E-state index in [2.05, 4.69) is 30.1 Å². The molecule has 0 spiro atoms. The molecule has 1 amide bonds. The van der Waals surface area contributed by atoms with Crippen LogP contribution in [0.1, 0.15) is 31.4 Å². The molecule has 1 aromatic carbocycles. The summed E-state index contributed by atoms with van der Waals surface area (Å²) in [5.41, 5.74) is 1.71. The Bertz CT molecular complexity index is 1070. The molecule has 1 fully saturated rings. The maximum atomic E-state index is 12.1. The second-order valence-electron chi connectivity index (χ2n) is 7.92. The van der Waals surface area contributed by atoms with Gasteiger partial charge in [-0.2, -0.15) is 10.1 Å². The molecule has 9 nitrogen and oxygen atoms in total. The molecule has 0 saturated heterocycles. The lowest BCUT2D eigenvalue weighted by Crippen LogP contribution is -2.42. The van der Waals surface area contributed by atoms with Gasteiger partial charge >= 0.3 is 6.09 Å². The first-order valence-electron chi connectivity index (χ1n) is 10.7. The number of hydrogen-bond acceptors (Lipinski definition) is 8. The molecule has 3 heterocycles. The molecule has 2 aliphatic heterocycles. The molecule has 3 aliphatic rings. The fraction of sp³-hybridized carbons (Fsp3) is 0.318. The van der Waals surface area contributed by atoms with Crippen LogP contribution in [0.25, 0.3) is 0 Å². The molecular weight excluding hydrogens is 426 g/mol. The van der Waals surface area contributed by atoms with Crippen molar-refractivity contribution in [2.75, 3.05) is 17.2 Å². The van der Waals surface area contributed by atoms with E-state index in [9.17, 15) is 4.79 Å². The van der Waals surface area contributed by atoms with Gasteiger partial charge in [-0.1, -0.05) is 0 Å². The molecular formula is C22H25N7O2S+. The first-order chi connectivity index (χ1) is 15.6. The molecule has 5 rings (SSSR count). The summed E-state index contributed by atoms with van der Waals surface area (Å²) >= 11 is 1.60. The number of fused-ring (bicyclic) bond motifs is 1. The van der Waals surface area contributed by atoms with Crippen molar-refractivity contribution in [3.05, 3.63) is 60.4 Å². The van der Waals surface area contributed by atoms with Gasteiger partial charge in [0.25, 0.3) is 11.7 Å². The number of nitrogens with zero attached hydrogens (tertiary/aromatic N) is 4. The number of ether oxygens (including phenoxy) is 1. The Morgan fingerprint density at radius 3 is 2.84 bits per heavy atom. The van der Waals surface area contributed by atoms with Crippen LogP contribution in [0.5, 0.6) is 0 Å². The van der Waals surface area contributed by atoms with Crippen molar-refractivity contribution in [2.45, 2.75) is 43.6 Å². The molecule has 1 saturated carbocycles. The van der Waals surface area contributed by atoms with Crippen molar-refractivity contribution in [1.29, 1.82) is 0 Å². The summed E-state index contributed by atoms with van der Waals surface area (Å²) in [7, 11) is 0. The second kappa shape index (κ2) is 9.09. The van der Waals surface area contributed by atoms with Gasteiger partial charge in [-0.05, 0) is 73.7 Å². The van der Waals surface area contributed by atoms with E-state index in [1.165, 1.54) is 0 Å². The summed E-state index contributed by atoms with van der Waals surface area (Å²) < 4.78 is 7.57. The van der Waals surface area contributed by atoms with Crippen LogP contribution in [0.2, 0.25) is 0 Å². The van der Waals surface area contributed by atoms with Crippen LogP contribution in [0.3, 0.4) is 0 Å². The highest BCUT2D eigenvalue weighted by atomic mass is 32.2. The summed E-state index contributed by atoms with van der Waals surface area (Å²) in [5.74, 6) is 2.55. The molecule has 1 aliphatic carbocycles. The molecule has 10 heteroatoms. The second-order valence-corrected chi connectivity index (χ2v) is 9.04. The largest absolute Gasteiger partial charge is 0.446 e. The quantitative estimate of drug-likeness (QED) is 0.443. The monoisotopic (exact) mass is 451 g/mol. The molecule has 1 radical (unpaired) electrons. The van der Waals surface area contributed by atoms with Crippen molar-refractivity contribution in [3.8, 4) is 0 Å². The zero-order valence-corrected chi connectivity index (χ0v) is 18.6. The minimum atomic E-state index is -0.382. The molecule has 32 heavy (non-hydrogen) atoms.